The minimum absolute atomic E-state index is 0.0647. The number of hydrogen-bond acceptors (Lipinski definition) is 3. The van der Waals surface area contributed by atoms with E-state index in [0.717, 1.165) is 0 Å². The van der Waals surface area contributed by atoms with Gasteiger partial charge in [-0.05, 0) is 25.0 Å². The molecule has 1 aromatic rings. The predicted molar refractivity (Wildman–Crippen MR) is 64.2 cm³/mol. The third-order valence-corrected chi connectivity index (χ3v) is 2.87. The smallest absolute Gasteiger partial charge is 0.319 e. The van der Waals surface area contributed by atoms with Crippen molar-refractivity contribution >= 4 is 5.97 Å². The quantitative estimate of drug-likeness (QED) is 0.791. The van der Waals surface area contributed by atoms with Crippen molar-refractivity contribution in [3.8, 4) is 0 Å². The molecule has 0 saturated heterocycles. The molecule has 2 atom stereocenters. The number of aryl methyl sites for hydroxylation is 1. The number of carbonyl (C=O) groups excluding carboxylic acids is 1. The molecule has 0 saturated carbocycles. The topological polar surface area (TPSA) is 52.3 Å². The number of esters is 1. The first-order chi connectivity index (χ1) is 7.56. The fourth-order valence-corrected chi connectivity index (χ4v) is 1.71. The molecule has 1 rings (SSSR count). The molecule has 0 aliphatic heterocycles. The Kier molecular flexibility index (Phi) is 4.50. The largest absolute Gasteiger partial charge is 0.461 e. The molecule has 88 valence electrons. The number of rotatable bonds is 4. The zero-order chi connectivity index (χ0) is 12.1. The highest BCUT2D eigenvalue weighted by atomic mass is 16.5. The normalized spacial score (nSPS) is 14.2. The number of benzene rings is 1. The van der Waals surface area contributed by atoms with Gasteiger partial charge in [-0.3, -0.25) is 4.79 Å². The Morgan fingerprint density at radius 1 is 1.38 bits per heavy atom. The summed E-state index contributed by atoms with van der Waals surface area (Å²) in [6, 6.07) is 8.12. The Balaban J connectivity index is 2.74. The molecule has 1 aromatic carbocycles. The van der Waals surface area contributed by atoms with Crippen LogP contribution in [-0.2, 0) is 9.53 Å². The van der Waals surface area contributed by atoms with Crippen LogP contribution in [0.1, 0.15) is 30.9 Å². The summed E-state index contributed by atoms with van der Waals surface area (Å²) in [7, 11) is 0. The molecule has 0 aromatic heterocycles. The summed E-state index contributed by atoms with van der Waals surface area (Å²) >= 11 is 0. The van der Waals surface area contributed by atoms with Gasteiger partial charge in [-0.15, -0.1) is 0 Å². The van der Waals surface area contributed by atoms with Gasteiger partial charge in [0, 0.05) is 5.92 Å². The van der Waals surface area contributed by atoms with Crippen LogP contribution in [0.5, 0.6) is 0 Å². The van der Waals surface area contributed by atoms with E-state index in [9.17, 15) is 4.79 Å². The molecular weight excluding hydrogens is 202 g/mol. The molecule has 0 radical (unpaired) electrons. The molecule has 0 aliphatic carbocycles. The van der Waals surface area contributed by atoms with Crippen LogP contribution in [-0.4, -0.2) is 18.6 Å². The van der Waals surface area contributed by atoms with Gasteiger partial charge in [-0.2, -0.15) is 0 Å². The van der Waals surface area contributed by atoms with Gasteiger partial charge in [0.25, 0.3) is 0 Å². The minimum Gasteiger partial charge on any atom is -0.461 e. The van der Waals surface area contributed by atoms with E-state index in [1.54, 1.807) is 0 Å². The molecule has 16 heavy (non-hydrogen) atoms. The maximum Gasteiger partial charge on any atom is 0.319 e. The highest BCUT2D eigenvalue weighted by Crippen LogP contribution is 2.24. The molecule has 0 unspecified atom stereocenters. The van der Waals surface area contributed by atoms with E-state index >= 15 is 0 Å². The highest BCUT2D eigenvalue weighted by Gasteiger charge is 2.18. The molecule has 3 nitrogen and oxygen atoms in total. The third-order valence-electron chi connectivity index (χ3n) is 2.87. The number of carbonyl (C=O) groups is 1. The summed E-state index contributed by atoms with van der Waals surface area (Å²) in [5.74, 6) is -0.176. The van der Waals surface area contributed by atoms with Crippen LogP contribution < -0.4 is 5.73 Å². The Bertz CT molecular complexity index is 363. The van der Waals surface area contributed by atoms with E-state index in [1.807, 2.05) is 19.1 Å². The van der Waals surface area contributed by atoms with Crippen LogP contribution in [0.4, 0.5) is 0 Å². The maximum absolute atomic E-state index is 11.1. The monoisotopic (exact) mass is 221 g/mol. The molecule has 0 heterocycles. The Labute approximate surface area is 96.6 Å². The van der Waals surface area contributed by atoms with Crippen molar-refractivity contribution < 1.29 is 9.53 Å². The molecule has 0 spiro atoms. The summed E-state index contributed by atoms with van der Waals surface area (Å²) in [4.78, 5) is 11.1. The average molecular weight is 221 g/mol. The lowest BCUT2D eigenvalue weighted by Crippen LogP contribution is -2.25. The van der Waals surface area contributed by atoms with Crippen molar-refractivity contribution in [2.24, 2.45) is 5.73 Å². The van der Waals surface area contributed by atoms with Crippen LogP contribution in [0.25, 0.3) is 0 Å². The van der Waals surface area contributed by atoms with E-state index in [1.165, 1.54) is 11.1 Å². The second-order valence-electron chi connectivity index (χ2n) is 4.04. The van der Waals surface area contributed by atoms with Gasteiger partial charge in [0.05, 0.1) is 6.54 Å². The lowest BCUT2D eigenvalue weighted by atomic mass is 9.92. The summed E-state index contributed by atoms with van der Waals surface area (Å²) in [6.07, 6.45) is -0.155. The molecule has 0 fully saturated rings. The zero-order valence-electron chi connectivity index (χ0n) is 10.1. The lowest BCUT2D eigenvalue weighted by Gasteiger charge is -2.22. The summed E-state index contributed by atoms with van der Waals surface area (Å²) < 4.78 is 5.21. The van der Waals surface area contributed by atoms with E-state index < -0.39 is 0 Å². The Morgan fingerprint density at radius 3 is 2.56 bits per heavy atom. The first-order valence-electron chi connectivity index (χ1n) is 5.51. The fraction of sp³-hybridized carbons (Fsp3) is 0.462. The van der Waals surface area contributed by atoms with Gasteiger partial charge in [0.2, 0.25) is 0 Å². The summed E-state index contributed by atoms with van der Waals surface area (Å²) in [5.41, 5.74) is 7.64. The van der Waals surface area contributed by atoms with Crippen LogP contribution in [0.15, 0.2) is 24.3 Å². The molecular formula is C13H19NO2. The maximum atomic E-state index is 11.1. The standard InChI is InChI=1S/C13H19NO2/c1-9-6-4-5-7-12(9)10(2)11(3)16-13(15)8-14/h4-7,10-11H,8,14H2,1-3H3/t10-,11-/m1/s1. The lowest BCUT2D eigenvalue weighted by molar-refractivity contribution is -0.147. The zero-order valence-corrected chi connectivity index (χ0v) is 10.1. The molecule has 3 heteroatoms. The first-order valence-corrected chi connectivity index (χ1v) is 5.51. The third kappa shape index (κ3) is 3.07. The van der Waals surface area contributed by atoms with E-state index in [-0.39, 0.29) is 24.5 Å². The fourth-order valence-electron chi connectivity index (χ4n) is 1.71. The van der Waals surface area contributed by atoms with Crippen LogP contribution >= 0.6 is 0 Å². The van der Waals surface area contributed by atoms with Crippen molar-refractivity contribution in [1.29, 1.82) is 0 Å². The van der Waals surface area contributed by atoms with Gasteiger partial charge in [0.15, 0.2) is 0 Å². The Morgan fingerprint density at radius 2 is 2.00 bits per heavy atom. The van der Waals surface area contributed by atoms with E-state index in [0.29, 0.717) is 0 Å². The van der Waals surface area contributed by atoms with Gasteiger partial charge < -0.3 is 10.5 Å². The highest BCUT2D eigenvalue weighted by molar-refractivity contribution is 5.71. The average Bonchev–Trinajstić information content (AvgIpc) is 2.28. The van der Waals surface area contributed by atoms with Crippen molar-refractivity contribution in [3.63, 3.8) is 0 Å². The van der Waals surface area contributed by atoms with Crippen molar-refractivity contribution in [1.82, 2.24) is 0 Å². The second-order valence-corrected chi connectivity index (χ2v) is 4.04. The summed E-state index contributed by atoms with van der Waals surface area (Å²) in [6.45, 7) is 5.94. The van der Waals surface area contributed by atoms with Crippen LogP contribution in [0.2, 0.25) is 0 Å². The first kappa shape index (κ1) is 12.7. The number of ether oxygens (including phenoxy) is 1. The van der Waals surface area contributed by atoms with Gasteiger partial charge >= 0.3 is 5.97 Å². The second kappa shape index (κ2) is 5.66. The SMILES string of the molecule is Cc1ccccc1[C@H](C)[C@@H](C)OC(=O)CN. The molecule has 0 amide bonds. The Hall–Kier alpha value is -1.35. The number of nitrogens with two attached hydrogens (primary N) is 1. The van der Waals surface area contributed by atoms with Gasteiger partial charge in [-0.25, -0.2) is 0 Å². The van der Waals surface area contributed by atoms with E-state index in [4.69, 9.17) is 10.5 Å². The van der Waals surface area contributed by atoms with Crippen LogP contribution in [0, 0.1) is 6.92 Å². The van der Waals surface area contributed by atoms with Crippen LogP contribution in [0.3, 0.4) is 0 Å². The molecule has 0 aliphatic rings. The molecule has 2 N–H and O–H groups in total. The molecule has 0 bridgehead atoms. The summed E-state index contributed by atoms with van der Waals surface area (Å²) in [5, 5.41) is 0. The van der Waals surface area contributed by atoms with Crippen molar-refractivity contribution in [2.45, 2.75) is 32.8 Å². The number of hydrogen-bond donors (Lipinski definition) is 1. The van der Waals surface area contributed by atoms with E-state index in [2.05, 4.69) is 26.0 Å². The van der Waals surface area contributed by atoms with Crippen molar-refractivity contribution in [2.75, 3.05) is 6.54 Å². The van der Waals surface area contributed by atoms with Gasteiger partial charge in [-0.1, -0.05) is 31.2 Å². The van der Waals surface area contributed by atoms with Gasteiger partial charge in [0.1, 0.15) is 6.10 Å². The van der Waals surface area contributed by atoms with Crippen molar-refractivity contribution in [3.05, 3.63) is 35.4 Å². The minimum atomic E-state index is -0.354. The predicted octanol–water partition coefficient (Wildman–Crippen LogP) is 1.99.